The van der Waals surface area contributed by atoms with Crippen LogP contribution in [-0.2, 0) is 0 Å². The van der Waals surface area contributed by atoms with Gasteiger partial charge in [0.25, 0.3) is 0 Å². The van der Waals surface area contributed by atoms with Gasteiger partial charge in [0.1, 0.15) is 5.82 Å². The van der Waals surface area contributed by atoms with Gasteiger partial charge in [-0.2, -0.15) is 5.10 Å². The number of halogens is 1. The number of H-pyrrole nitrogens is 1. The van der Waals surface area contributed by atoms with E-state index in [-0.39, 0.29) is 6.79 Å². The van der Waals surface area contributed by atoms with Gasteiger partial charge < -0.3 is 15.2 Å². The second-order valence-electron chi connectivity index (χ2n) is 3.39. The number of aromatic nitrogens is 2. The van der Waals surface area contributed by atoms with E-state index >= 15 is 0 Å². The van der Waals surface area contributed by atoms with E-state index in [4.69, 9.17) is 26.8 Å². The number of nitrogens with zero attached hydrogens (tertiary/aromatic N) is 1. The Morgan fingerprint density at radius 1 is 1.25 bits per heavy atom. The highest BCUT2D eigenvalue weighted by atomic mass is 35.5. The summed E-state index contributed by atoms with van der Waals surface area (Å²) >= 11 is 6.13. The van der Waals surface area contributed by atoms with Gasteiger partial charge in [0.15, 0.2) is 11.5 Å². The molecule has 2 aromatic rings. The second-order valence-corrected chi connectivity index (χ2v) is 3.80. The topological polar surface area (TPSA) is 73.2 Å². The lowest BCUT2D eigenvalue weighted by Gasteiger charge is -2.03. The Morgan fingerprint density at radius 3 is 2.69 bits per heavy atom. The van der Waals surface area contributed by atoms with Crippen LogP contribution in [0.5, 0.6) is 11.5 Å². The third-order valence-corrected chi connectivity index (χ3v) is 2.66. The molecule has 0 saturated heterocycles. The Balaban J connectivity index is 2.14. The molecule has 5 nitrogen and oxygen atoms in total. The number of hydrogen-bond donors (Lipinski definition) is 2. The number of nitrogen functional groups attached to an aromatic ring is 1. The molecular formula is C10H8ClN3O2. The number of fused-ring (bicyclic) bond motifs is 1. The highest BCUT2D eigenvalue weighted by Crippen LogP contribution is 2.40. The molecule has 0 aliphatic carbocycles. The van der Waals surface area contributed by atoms with Gasteiger partial charge in [-0.05, 0) is 6.07 Å². The third kappa shape index (κ3) is 1.37. The van der Waals surface area contributed by atoms with Crippen LogP contribution in [0.15, 0.2) is 18.2 Å². The van der Waals surface area contributed by atoms with Crippen LogP contribution in [0.4, 0.5) is 5.82 Å². The summed E-state index contributed by atoms with van der Waals surface area (Å²) in [5, 5.41) is 7.21. The van der Waals surface area contributed by atoms with Crippen LogP contribution < -0.4 is 15.2 Å². The van der Waals surface area contributed by atoms with Gasteiger partial charge in [-0.25, -0.2) is 0 Å². The molecular weight excluding hydrogens is 230 g/mol. The fourth-order valence-electron chi connectivity index (χ4n) is 1.60. The largest absolute Gasteiger partial charge is 0.454 e. The number of nitrogens with one attached hydrogen (secondary N) is 1. The summed E-state index contributed by atoms with van der Waals surface area (Å²) in [6, 6.07) is 5.23. The minimum atomic E-state index is 0.222. The normalized spacial score (nSPS) is 13.1. The maximum atomic E-state index is 6.13. The summed E-state index contributed by atoms with van der Waals surface area (Å²) in [5.74, 6) is 1.75. The van der Waals surface area contributed by atoms with Gasteiger partial charge >= 0.3 is 0 Å². The molecule has 3 rings (SSSR count). The van der Waals surface area contributed by atoms with Crippen LogP contribution in [0.1, 0.15) is 0 Å². The summed E-state index contributed by atoms with van der Waals surface area (Å²) in [6.07, 6.45) is 0. The predicted molar refractivity (Wildman–Crippen MR) is 59.6 cm³/mol. The molecule has 3 N–H and O–H groups in total. The first-order valence-corrected chi connectivity index (χ1v) is 5.02. The molecule has 0 radical (unpaired) electrons. The minimum Gasteiger partial charge on any atom is -0.454 e. The summed E-state index contributed by atoms with van der Waals surface area (Å²) in [6.45, 7) is 0.222. The summed E-state index contributed by atoms with van der Waals surface area (Å²) in [4.78, 5) is 0. The average Bonchev–Trinajstić information content (AvgIpc) is 2.84. The lowest BCUT2D eigenvalue weighted by molar-refractivity contribution is 0.174. The van der Waals surface area contributed by atoms with Crippen molar-refractivity contribution in [1.29, 1.82) is 0 Å². The quantitative estimate of drug-likeness (QED) is 0.796. The number of benzene rings is 1. The van der Waals surface area contributed by atoms with Gasteiger partial charge in [-0.15, -0.1) is 0 Å². The second kappa shape index (κ2) is 3.31. The zero-order valence-electron chi connectivity index (χ0n) is 8.16. The first kappa shape index (κ1) is 9.35. The maximum Gasteiger partial charge on any atom is 0.231 e. The van der Waals surface area contributed by atoms with Crippen molar-refractivity contribution in [2.75, 3.05) is 12.5 Å². The van der Waals surface area contributed by atoms with E-state index in [9.17, 15) is 0 Å². The Bertz CT molecular complexity index is 553. The molecule has 0 fully saturated rings. The molecule has 16 heavy (non-hydrogen) atoms. The molecule has 0 saturated carbocycles. The molecule has 0 atom stereocenters. The average molecular weight is 238 g/mol. The molecule has 82 valence electrons. The van der Waals surface area contributed by atoms with Crippen LogP contribution in [0.3, 0.4) is 0 Å². The smallest absolute Gasteiger partial charge is 0.231 e. The Morgan fingerprint density at radius 2 is 2.00 bits per heavy atom. The lowest BCUT2D eigenvalue weighted by atomic mass is 10.1. The fraction of sp³-hybridized carbons (Fsp3) is 0.100. The van der Waals surface area contributed by atoms with E-state index in [1.807, 2.05) is 0 Å². The molecule has 0 amide bonds. The van der Waals surface area contributed by atoms with Crippen LogP contribution in [-0.4, -0.2) is 17.0 Å². The number of hydrogen-bond acceptors (Lipinski definition) is 4. The van der Waals surface area contributed by atoms with Crippen molar-refractivity contribution in [3.8, 4) is 22.8 Å². The van der Waals surface area contributed by atoms with E-state index in [0.717, 1.165) is 11.3 Å². The van der Waals surface area contributed by atoms with Crippen LogP contribution >= 0.6 is 11.6 Å². The van der Waals surface area contributed by atoms with E-state index in [2.05, 4.69) is 10.2 Å². The van der Waals surface area contributed by atoms with Crippen molar-refractivity contribution < 1.29 is 9.47 Å². The van der Waals surface area contributed by atoms with E-state index in [1.54, 1.807) is 18.2 Å². The monoisotopic (exact) mass is 237 g/mol. The van der Waals surface area contributed by atoms with E-state index in [0.29, 0.717) is 22.3 Å². The van der Waals surface area contributed by atoms with Crippen molar-refractivity contribution in [1.82, 2.24) is 10.2 Å². The number of anilines is 1. The molecule has 1 aromatic heterocycles. The summed E-state index contributed by atoms with van der Waals surface area (Å²) in [5.41, 5.74) is 7.08. The highest BCUT2D eigenvalue weighted by Gasteiger charge is 2.18. The van der Waals surface area contributed by atoms with Crippen molar-refractivity contribution in [3.63, 3.8) is 0 Å². The van der Waals surface area contributed by atoms with Gasteiger partial charge in [-0.3, -0.25) is 5.10 Å². The number of rotatable bonds is 1. The van der Waals surface area contributed by atoms with Crippen LogP contribution in [0.2, 0.25) is 5.02 Å². The first-order valence-electron chi connectivity index (χ1n) is 4.64. The maximum absolute atomic E-state index is 6.13. The van der Waals surface area contributed by atoms with Crippen molar-refractivity contribution in [2.45, 2.75) is 0 Å². The van der Waals surface area contributed by atoms with Gasteiger partial charge in [0, 0.05) is 17.7 Å². The van der Waals surface area contributed by atoms with E-state index in [1.165, 1.54) is 0 Å². The predicted octanol–water partition coefficient (Wildman–Crippen LogP) is 2.04. The number of nitrogens with two attached hydrogens (primary N) is 1. The van der Waals surface area contributed by atoms with Gasteiger partial charge in [0.2, 0.25) is 6.79 Å². The minimum absolute atomic E-state index is 0.222. The SMILES string of the molecule is Nc1cc(-c2cc3c(cc2Cl)OCO3)[nH]n1. The summed E-state index contributed by atoms with van der Waals surface area (Å²) < 4.78 is 10.5. The molecule has 1 aliphatic heterocycles. The lowest BCUT2D eigenvalue weighted by Crippen LogP contribution is -1.92. The van der Waals surface area contributed by atoms with Crippen molar-refractivity contribution in [3.05, 3.63) is 23.2 Å². The molecule has 0 spiro atoms. The van der Waals surface area contributed by atoms with Crippen molar-refractivity contribution in [2.24, 2.45) is 0 Å². The number of aromatic amines is 1. The fourth-order valence-corrected chi connectivity index (χ4v) is 1.85. The standard InChI is InChI=1S/C10H8ClN3O2/c11-6-2-9-8(15-4-16-9)1-5(6)7-3-10(12)14-13-7/h1-3H,4H2,(H3,12,13,14). The molecule has 0 unspecified atom stereocenters. The Kier molecular flexibility index (Phi) is 1.94. The zero-order valence-corrected chi connectivity index (χ0v) is 8.91. The third-order valence-electron chi connectivity index (χ3n) is 2.35. The highest BCUT2D eigenvalue weighted by molar-refractivity contribution is 6.33. The Labute approximate surface area is 96.1 Å². The molecule has 1 aliphatic rings. The Hall–Kier alpha value is -1.88. The van der Waals surface area contributed by atoms with Crippen LogP contribution in [0, 0.1) is 0 Å². The van der Waals surface area contributed by atoms with E-state index < -0.39 is 0 Å². The number of ether oxygens (including phenoxy) is 2. The molecule has 1 aromatic carbocycles. The van der Waals surface area contributed by atoms with Crippen LogP contribution in [0.25, 0.3) is 11.3 Å². The zero-order chi connectivity index (χ0) is 11.1. The molecule has 0 bridgehead atoms. The molecule has 2 heterocycles. The first-order chi connectivity index (χ1) is 7.74. The van der Waals surface area contributed by atoms with Gasteiger partial charge in [0.05, 0.1) is 10.7 Å². The summed E-state index contributed by atoms with van der Waals surface area (Å²) in [7, 11) is 0. The van der Waals surface area contributed by atoms with Crippen molar-refractivity contribution >= 4 is 17.4 Å². The van der Waals surface area contributed by atoms with Gasteiger partial charge in [-0.1, -0.05) is 11.6 Å². The molecule has 6 heteroatoms.